The molecular weight excluding hydrogens is 385 g/mol. The molecule has 0 bridgehead atoms. The molecule has 132 valence electrons. The van der Waals surface area contributed by atoms with Crippen molar-refractivity contribution in [3.05, 3.63) is 91.1 Å². The van der Waals surface area contributed by atoms with E-state index in [1.807, 2.05) is 48.2 Å². The molecular formula is C21H17Cl2NOS. The van der Waals surface area contributed by atoms with Gasteiger partial charge in [-0.25, -0.2) is 0 Å². The minimum Gasteiger partial charge on any atom is -0.327 e. The Kier molecular flexibility index (Phi) is 4.78. The van der Waals surface area contributed by atoms with E-state index in [1.165, 1.54) is 4.88 Å². The highest BCUT2D eigenvalue weighted by Gasteiger charge is 2.34. The number of benzene rings is 2. The fourth-order valence-corrected chi connectivity index (χ4v) is 4.87. The monoisotopic (exact) mass is 401 g/mol. The van der Waals surface area contributed by atoms with Crippen molar-refractivity contribution in [3.63, 3.8) is 0 Å². The van der Waals surface area contributed by atoms with Gasteiger partial charge in [-0.15, -0.1) is 11.3 Å². The van der Waals surface area contributed by atoms with E-state index in [0.29, 0.717) is 22.2 Å². The Bertz CT molecular complexity index is 964. The number of halogens is 2. The van der Waals surface area contributed by atoms with Gasteiger partial charge in [0.1, 0.15) is 0 Å². The van der Waals surface area contributed by atoms with Crippen LogP contribution in [0.15, 0.2) is 53.9 Å². The zero-order valence-corrected chi connectivity index (χ0v) is 16.5. The van der Waals surface area contributed by atoms with Gasteiger partial charge in [-0.05, 0) is 60.2 Å². The molecule has 5 heteroatoms. The number of hydrogen-bond donors (Lipinski definition) is 0. The lowest BCUT2D eigenvalue weighted by Crippen LogP contribution is -2.40. The third kappa shape index (κ3) is 3.16. The van der Waals surface area contributed by atoms with Gasteiger partial charge in [-0.3, -0.25) is 4.79 Å². The summed E-state index contributed by atoms with van der Waals surface area (Å²) in [4.78, 5) is 16.5. The van der Waals surface area contributed by atoms with Crippen molar-refractivity contribution >= 4 is 40.4 Å². The molecule has 1 aliphatic rings. The largest absolute Gasteiger partial charge is 0.327 e. The van der Waals surface area contributed by atoms with Crippen LogP contribution in [0.4, 0.5) is 0 Å². The molecule has 26 heavy (non-hydrogen) atoms. The zero-order valence-electron chi connectivity index (χ0n) is 14.2. The third-order valence-corrected chi connectivity index (χ3v) is 6.34. The number of carbonyl (C=O) groups excluding carboxylic acids is 1. The first-order valence-corrected chi connectivity index (χ1v) is 10.1. The third-order valence-electron chi connectivity index (χ3n) is 4.78. The highest BCUT2D eigenvalue weighted by Crippen LogP contribution is 2.41. The molecule has 0 aliphatic carbocycles. The molecule has 0 spiro atoms. The summed E-state index contributed by atoms with van der Waals surface area (Å²) in [6.07, 6.45) is 0.867. The van der Waals surface area contributed by atoms with Crippen LogP contribution in [-0.2, 0) is 6.42 Å². The average molecular weight is 402 g/mol. The van der Waals surface area contributed by atoms with Gasteiger partial charge in [0.25, 0.3) is 5.91 Å². The maximum atomic E-state index is 13.3. The van der Waals surface area contributed by atoms with Crippen molar-refractivity contribution in [3.8, 4) is 0 Å². The van der Waals surface area contributed by atoms with Gasteiger partial charge in [0.15, 0.2) is 0 Å². The lowest BCUT2D eigenvalue weighted by atomic mass is 9.92. The van der Waals surface area contributed by atoms with Crippen LogP contribution in [0.5, 0.6) is 0 Å². The molecule has 1 amide bonds. The second-order valence-corrected chi connectivity index (χ2v) is 8.33. The normalized spacial score (nSPS) is 16.4. The van der Waals surface area contributed by atoms with Gasteiger partial charge in [0, 0.05) is 27.0 Å². The molecule has 2 heterocycles. The lowest BCUT2D eigenvalue weighted by Gasteiger charge is -2.37. The Morgan fingerprint density at radius 2 is 1.85 bits per heavy atom. The predicted molar refractivity (Wildman–Crippen MR) is 109 cm³/mol. The SMILES string of the molecule is Cc1ccc(C(=O)N2CCc3sccc3[C@@H]2c2ccc(Cl)cc2Cl)cc1. The van der Waals surface area contributed by atoms with E-state index in [-0.39, 0.29) is 11.9 Å². The van der Waals surface area contributed by atoms with E-state index in [9.17, 15) is 4.79 Å². The molecule has 0 radical (unpaired) electrons. The summed E-state index contributed by atoms with van der Waals surface area (Å²) in [6, 6.07) is 15.1. The van der Waals surface area contributed by atoms with Crippen molar-refractivity contribution in [1.29, 1.82) is 0 Å². The summed E-state index contributed by atoms with van der Waals surface area (Å²) < 4.78 is 0. The summed E-state index contributed by atoms with van der Waals surface area (Å²) in [5.41, 5.74) is 3.91. The smallest absolute Gasteiger partial charge is 0.254 e. The Hall–Kier alpha value is -1.81. The summed E-state index contributed by atoms with van der Waals surface area (Å²) in [7, 11) is 0. The van der Waals surface area contributed by atoms with E-state index in [1.54, 1.807) is 17.4 Å². The van der Waals surface area contributed by atoms with E-state index >= 15 is 0 Å². The number of carbonyl (C=O) groups is 1. The van der Waals surface area contributed by atoms with Crippen molar-refractivity contribution < 1.29 is 4.79 Å². The highest BCUT2D eigenvalue weighted by molar-refractivity contribution is 7.10. The van der Waals surface area contributed by atoms with Crippen LogP contribution in [0.2, 0.25) is 10.0 Å². The molecule has 3 aromatic rings. The van der Waals surface area contributed by atoms with Crippen molar-refractivity contribution in [2.45, 2.75) is 19.4 Å². The highest BCUT2D eigenvalue weighted by atomic mass is 35.5. The van der Waals surface area contributed by atoms with E-state index in [0.717, 1.165) is 23.1 Å². The second kappa shape index (κ2) is 7.07. The van der Waals surface area contributed by atoms with Crippen molar-refractivity contribution in [2.24, 2.45) is 0 Å². The molecule has 0 N–H and O–H groups in total. The van der Waals surface area contributed by atoms with Gasteiger partial charge in [-0.2, -0.15) is 0 Å². The number of nitrogens with zero attached hydrogens (tertiary/aromatic N) is 1. The van der Waals surface area contributed by atoms with Gasteiger partial charge >= 0.3 is 0 Å². The van der Waals surface area contributed by atoms with Gasteiger partial charge < -0.3 is 4.90 Å². The number of thiophene rings is 1. The van der Waals surface area contributed by atoms with Crippen molar-refractivity contribution in [1.82, 2.24) is 4.90 Å². The molecule has 0 saturated heterocycles. The molecule has 1 aromatic heterocycles. The molecule has 0 unspecified atom stereocenters. The van der Waals surface area contributed by atoms with Crippen LogP contribution < -0.4 is 0 Å². The maximum Gasteiger partial charge on any atom is 0.254 e. The quantitative estimate of drug-likeness (QED) is 0.503. The Balaban J connectivity index is 1.80. The fraction of sp³-hybridized carbons (Fsp3) is 0.190. The maximum absolute atomic E-state index is 13.3. The molecule has 4 rings (SSSR count). The topological polar surface area (TPSA) is 20.3 Å². The van der Waals surface area contributed by atoms with Crippen LogP contribution in [-0.4, -0.2) is 17.4 Å². The molecule has 2 nitrogen and oxygen atoms in total. The van der Waals surface area contributed by atoms with Crippen LogP contribution in [0.3, 0.4) is 0 Å². The van der Waals surface area contributed by atoms with E-state index < -0.39 is 0 Å². The summed E-state index contributed by atoms with van der Waals surface area (Å²) in [5, 5.41) is 3.27. The number of fused-ring (bicyclic) bond motifs is 1. The lowest BCUT2D eigenvalue weighted by molar-refractivity contribution is 0.0696. The molecule has 2 aromatic carbocycles. The molecule has 1 aliphatic heterocycles. The van der Waals surface area contributed by atoms with Crippen molar-refractivity contribution in [2.75, 3.05) is 6.54 Å². The summed E-state index contributed by atoms with van der Waals surface area (Å²) >= 11 is 14.3. The van der Waals surface area contributed by atoms with Gasteiger partial charge in [-0.1, -0.05) is 47.0 Å². The number of amides is 1. The average Bonchev–Trinajstić information content (AvgIpc) is 3.10. The summed E-state index contributed by atoms with van der Waals surface area (Å²) in [5.74, 6) is 0.0258. The minimum absolute atomic E-state index is 0.0258. The first-order chi connectivity index (χ1) is 12.5. The molecule has 0 saturated carbocycles. The van der Waals surface area contributed by atoms with E-state index in [2.05, 4.69) is 11.4 Å². The van der Waals surface area contributed by atoms with Crippen LogP contribution >= 0.6 is 34.5 Å². The Labute approximate surface area is 167 Å². The van der Waals surface area contributed by atoms with Crippen LogP contribution in [0, 0.1) is 6.92 Å². The zero-order chi connectivity index (χ0) is 18.3. The van der Waals surface area contributed by atoms with Crippen LogP contribution in [0.1, 0.15) is 38.0 Å². The first kappa shape index (κ1) is 17.6. The van der Waals surface area contributed by atoms with Gasteiger partial charge in [0.05, 0.1) is 6.04 Å². The first-order valence-electron chi connectivity index (χ1n) is 8.43. The fourth-order valence-electron chi connectivity index (χ4n) is 3.46. The molecule has 1 atom stereocenters. The second-order valence-electron chi connectivity index (χ2n) is 6.48. The van der Waals surface area contributed by atoms with E-state index in [4.69, 9.17) is 23.2 Å². The van der Waals surface area contributed by atoms with Crippen LogP contribution in [0.25, 0.3) is 0 Å². The summed E-state index contributed by atoms with van der Waals surface area (Å²) in [6.45, 7) is 2.69. The Morgan fingerprint density at radius 1 is 1.08 bits per heavy atom. The predicted octanol–water partition coefficient (Wildman–Crippen LogP) is 6.15. The minimum atomic E-state index is -0.191. The van der Waals surface area contributed by atoms with Gasteiger partial charge in [0.2, 0.25) is 0 Å². The number of hydrogen-bond acceptors (Lipinski definition) is 2. The Morgan fingerprint density at radius 3 is 2.58 bits per heavy atom. The number of aryl methyl sites for hydroxylation is 1. The standard InChI is InChI=1S/C21H17Cl2NOS/c1-13-2-4-14(5-3-13)21(25)24-10-8-19-17(9-11-26-19)20(24)16-7-6-15(22)12-18(16)23/h2-7,9,11-12,20H,8,10H2,1H3/t20-/m0/s1. The molecule has 0 fully saturated rings. The number of rotatable bonds is 2.